The fourth-order valence-electron chi connectivity index (χ4n) is 9.02. The summed E-state index contributed by atoms with van der Waals surface area (Å²) in [5, 5.41) is 5.29. The van der Waals surface area contributed by atoms with Crippen LogP contribution in [0.25, 0.3) is 127 Å². The fraction of sp³-hybridized carbons (Fsp3) is 0. The smallest absolute Gasteiger partial charge is 0.164 e. The van der Waals surface area contributed by atoms with Crippen molar-refractivity contribution in [3.05, 3.63) is 194 Å². The topological polar surface area (TPSA) is 82.5 Å². The molecule has 7 nitrogen and oxygen atoms in total. The van der Waals surface area contributed by atoms with E-state index in [4.69, 9.17) is 29.3 Å². The van der Waals surface area contributed by atoms with Crippen molar-refractivity contribution in [2.24, 2.45) is 0 Å². The first kappa shape index (κ1) is 35.4. The number of para-hydroxylation sites is 3. The van der Waals surface area contributed by atoms with E-state index in [2.05, 4.69) is 138 Å². The first-order chi connectivity index (χ1) is 31.2. The van der Waals surface area contributed by atoms with Crippen LogP contribution in [0, 0.1) is 0 Å². The van der Waals surface area contributed by atoms with Crippen molar-refractivity contribution in [1.82, 2.24) is 29.5 Å². The predicted molar refractivity (Wildman–Crippen MR) is 257 cm³/mol. The summed E-state index contributed by atoms with van der Waals surface area (Å²) in [6.07, 6.45) is 0. The lowest BCUT2D eigenvalue weighted by Crippen LogP contribution is -2.00. The van der Waals surface area contributed by atoms with Gasteiger partial charge in [0, 0.05) is 59.6 Å². The second kappa shape index (κ2) is 14.1. The van der Waals surface area contributed by atoms with Crippen LogP contribution in [0.2, 0.25) is 0 Å². The summed E-state index contributed by atoms with van der Waals surface area (Å²) in [6, 6.07) is 66.7. The average Bonchev–Trinajstić information content (AvgIpc) is 4.04. The van der Waals surface area contributed by atoms with E-state index in [9.17, 15) is 0 Å². The first-order valence-corrected chi connectivity index (χ1v) is 21.7. The summed E-state index contributed by atoms with van der Waals surface area (Å²) < 4.78 is 11.4. The summed E-state index contributed by atoms with van der Waals surface area (Å²) in [5.41, 5.74) is 11.0. The predicted octanol–water partition coefficient (Wildman–Crippen LogP) is 14.4. The second-order valence-electron chi connectivity index (χ2n) is 15.6. The van der Waals surface area contributed by atoms with Gasteiger partial charge in [-0.15, -0.1) is 11.3 Å². The number of thiophene rings is 1. The SMILES string of the molecule is c1ccc(-c2nc(-c3ccc4c5ccccc5n(-c5ccccc5)c4c3)nc(-c3cccc4oc5c(-c6nc(-c7ccccc7)c7sc8ccccc8c7n6)cccc5c34)n2)cc1. The molecule has 63 heavy (non-hydrogen) atoms. The van der Waals surface area contributed by atoms with Gasteiger partial charge in [0.25, 0.3) is 0 Å². The quantitative estimate of drug-likeness (QED) is 0.166. The Morgan fingerprint density at radius 2 is 1.03 bits per heavy atom. The van der Waals surface area contributed by atoms with Gasteiger partial charge < -0.3 is 8.98 Å². The summed E-state index contributed by atoms with van der Waals surface area (Å²) in [4.78, 5) is 26.2. The highest BCUT2D eigenvalue weighted by Crippen LogP contribution is 2.43. The molecule has 0 aliphatic carbocycles. The molecule has 8 aromatic carbocycles. The maximum atomic E-state index is 6.84. The van der Waals surface area contributed by atoms with Gasteiger partial charge in [-0.2, -0.15) is 0 Å². The third-order valence-electron chi connectivity index (χ3n) is 11.9. The van der Waals surface area contributed by atoms with Crippen LogP contribution in [-0.4, -0.2) is 29.5 Å². The molecule has 0 aliphatic heterocycles. The van der Waals surface area contributed by atoms with Crippen molar-refractivity contribution in [2.75, 3.05) is 0 Å². The Hall–Kier alpha value is -8.33. The van der Waals surface area contributed by atoms with Crippen molar-refractivity contribution in [3.8, 4) is 62.5 Å². The number of rotatable bonds is 6. The summed E-state index contributed by atoms with van der Waals surface area (Å²) in [7, 11) is 0. The standard InChI is InChI=1S/C55H32N6OS/c1-4-16-33(17-5-1)48-51-49(39-23-11-13-29-46(39)63-51)57-55(56-48)42-26-14-24-40-47-41(25-15-28-45(47)62-50(40)42)54-59-52(34-18-6-2-7-19-34)58-53(60-54)35-30-31-38-37-22-10-12-27-43(37)61(44(38)32-35)36-20-8-3-9-21-36/h1-32H. The highest BCUT2D eigenvalue weighted by Gasteiger charge is 2.23. The molecular weight excluding hydrogens is 793 g/mol. The molecule has 5 heterocycles. The zero-order valence-corrected chi connectivity index (χ0v) is 34.3. The van der Waals surface area contributed by atoms with Gasteiger partial charge in [0.2, 0.25) is 0 Å². The molecule has 0 bridgehead atoms. The number of hydrogen-bond donors (Lipinski definition) is 0. The van der Waals surface area contributed by atoms with Gasteiger partial charge in [0.1, 0.15) is 11.2 Å². The lowest BCUT2D eigenvalue weighted by atomic mass is 10.0. The molecule has 5 aromatic heterocycles. The molecule has 0 radical (unpaired) electrons. The molecule has 0 spiro atoms. The molecule has 13 rings (SSSR count). The first-order valence-electron chi connectivity index (χ1n) is 20.8. The van der Waals surface area contributed by atoms with Gasteiger partial charge in [-0.3, -0.25) is 0 Å². The van der Waals surface area contributed by atoms with Crippen molar-refractivity contribution < 1.29 is 4.42 Å². The van der Waals surface area contributed by atoms with Gasteiger partial charge in [-0.05, 0) is 42.5 Å². The zero-order chi connectivity index (χ0) is 41.4. The van der Waals surface area contributed by atoms with Crippen molar-refractivity contribution in [3.63, 3.8) is 0 Å². The summed E-state index contributed by atoms with van der Waals surface area (Å²) in [6.45, 7) is 0. The Balaban J connectivity index is 1.02. The van der Waals surface area contributed by atoms with Crippen LogP contribution >= 0.6 is 11.3 Å². The van der Waals surface area contributed by atoms with Crippen LogP contribution < -0.4 is 0 Å². The second-order valence-corrected chi connectivity index (χ2v) is 16.6. The van der Waals surface area contributed by atoms with Crippen LogP contribution in [0.15, 0.2) is 199 Å². The molecule has 0 saturated carbocycles. The number of nitrogens with zero attached hydrogens (tertiary/aromatic N) is 6. The fourth-order valence-corrected chi connectivity index (χ4v) is 10.2. The van der Waals surface area contributed by atoms with E-state index in [-0.39, 0.29) is 0 Å². The molecule has 8 heteroatoms. The lowest BCUT2D eigenvalue weighted by Gasteiger charge is -2.11. The third-order valence-corrected chi connectivity index (χ3v) is 13.1. The molecule has 0 atom stereocenters. The number of hydrogen-bond acceptors (Lipinski definition) is 7. The summed E-state index contributed by atoms with van der Waals surface area (Å²) in [5.74, 6) is 2.32. The van der Waals surface area contributed by atoms with E-state index < -0.39 is 0 Å². The molecule has 0 saturated heterocycles. The molecule has 0 unspecified atom stereocenters. The van der Waals surface area contributed by atoms with Gasteiger partial charge >= 0.3 is 0 Å². The Kier molecular flexibility index (Phi) is 7.94. The molecule has 294 valence electrons. The normalized spacial score (nSPS) is 11.8. The van der Waals surface area contributed by atoms with E-state index >= 15 is 0 Å². The maximum Gasteiger partial charge on any atom is 0.164 e. The molecular formula is C55H32N6OS. The highest BCUT2D eigenvalue weighted by molar-refractivity contribution is 7.26. The minimum Gasteiger partial charge on any atom is -0.455 e. The van der Waals surface area contributed by atoms with Crippen molar-refractivity contribution in [1.29, 1.82) is 0 Å². The summed E-state index contributed by atoms with van der Waals surface area (Å²) >= 11 is 1.73. The molecule has 0 aliphatic rings. The third kappa shape index (κ3) is 5.69. The van der Waals surface area contributed by atoms with Crippen LogP contribution in [0.1, 0.15) is 0 Å². The van der Waals surface area contributed by atoms with Crippen molar-refractivity contribution in [2.45, 2.75) is 0 Å². The highest BCUT2D eigenvalue weighted by atomic mass is 32.1. The van der Waals surface area contributed by atoms with Gasteiger partial charge in [-0.1, -0.05) is 152 Å². The van der Waals surface area contributed by atoms with E-state index in [1.54, 1.807) is 11.3 Å². The van der Waals surface area contributed by atoms with E-state index in [1.807, 2.05) is 60.7 Å². The molecule has 0 amide bonds. The Morgan fingerprint density at radius 1 is 0.413 bits per heavy atom. The molecule has 0 N–H and O–H groups in total. The Bertz CT molecular complexity index is 3910. The van der Waals surface area contributed by atoms with Gasteiger partial charge in [-0.25, -0.2) is 24.9 Å². The molecule has 13 aromatic rings. The largest absolute Gasteiger partial charge is 0.455 e. The monoisotopic (exact) mass is 824 g/mol. The zero-order valence-electron chi connectivity index (χ0n) is 33.5. The number of fused-ring (bicyclic) bond motifs is 9. The Morgan fingerprint density at radius 3 is 1.86 bits per heavy atom. The van der Waals surface area contributed by atoms with Crippen molar-refractivity contribution >= 4 is 75.4 Å². The van der Waals surface area contributed by atoms with Crippen LogP contribution in [0.3, 0.4) is 0 Å². The van der Waals surface area contributed by atoms with E-state index in [1.165, 1.54) is 10.1 Å². The van der Waals surface area contributed by atoms with Crippen LogP contribution in [0.5, 0.6) is 0 Å². The average molecular weight is 825 g/mol. The van der Waals surface area contributed by atoms with Crippen LogP contribution in [-0.2, 0) is 0 Å². The lowest BCUT2D eigenvalue weighted by molar-refractivity contribution is 0.669. The Labute approximate surface area is 364 Å². The van der Waals surface area contributed by atoms with E-state index in [0.29, 0.717) is 28.9 Å². The molecule has 0 fully saturated rings. The number of furan rings is 1. The number of benzene rings is 8. The van der Waals surface area contributed by atoms with Gasteiger partial charge in [0.15, 0.2) is 23.3 Å². The maximum absolute atomic E-state index is 6.84. The minimum atomic E-state index is 0.551. The minimum absolute atomic E-state index is 0.551. The van der Waals surface area contributed by atoms with Crippen LogP contribution in [0.4, 0.5) is 0 Å². The van der Waals surface area contributed by atoms with E-state index in [0.717, 1.165) is 87.6 Å². The number of aromatic nitrogens is 6. The van der Waals surface area contributed by atoms with Gasteiger partial charge in [0.05, 0.1) is 32.5 Å².